The topological polar surface area (TPSA) is 197 Å². The van der Waals surface area contributed by atoms with Gasteiger partial charge in [-0.3, -0.25) is 24.0 Å². The average Bonchev–Trinajstić information content (AvgIpc) is 1.72. The van der Waals surface area contributed by atoms with Crippen LogP contribution in [-0.4, -0.2) is 49.9 Å². The van der Waals surface area contributed by atoms with Gasteiger partial charge in [0.25, 0.3) is 0 Å². The van der Waals surface area contributed by atoms with Gasteiger partial charge in [0.1, 0.15) is 0 Å². The molecule has 4 aromatic heterocycles. The van der Waals surface area contributed by atoms with Gasteiger partial charge in [-0.05, 0) is 118 Å². The molecular weight excluding hydrogens is 1120 g/mol. The van der Waals surface area contributed by atoms with Gasteiger partial charge in [0, 0.05) is 133 Å². The molecule has 0 saturated heterocycles. The zero-order valence-corrected chi connectivity index (χ0v) is 52.5. The molecule has 8 aromatic rings. The van der Waals surface area contributed by atoms with E-state index in [0.717, 1.165) is 179 Å². The second-order valence-corrected chi connectivity index (χ2v) is 27.5. The third kappa shape index (κ3) is 11.6. The van der Waals surface area contributed by atoms with E-state index in [9.17, 15) is 24.0 Å². The maximum Gasteiger partial charge on any atom is 0.230 e. The second kappa shape index (κ2) is 24.8. The fourth-order valence-electron chi connectivity index (χ4n) is 15.3. The standard InChI is InChI=1S/C77H84N8O5/c1-74(39-17-5-18-40-74)70(87)82-54-29-13-9-25-50(54)65-58-33-34-59(78-58)66(51-26-10-14-30-55(51)83-71(88)75(2)41-19-6-20-42-75)61-37-38-63(80-61)68(53-28-12-16-32-57(53)85-73(90)77(4)45-23-8-24-46-77)69-49(48-86)47-64(81-69)67(62-36-35-60(65)79-62)52-27-11-15-31-56(52)84-72(89)76(3)43-21-7-22-44-76/h9-16,25-38,47-48,78-81H,5-8,17-24,39-46H2,1-4H3,(H,82,87)(H,83,88)(H,84,89)(H,85,90). The van der Waals surface area contributed by atoms with Crippen LogP contribution in [0.2, 0.25) is 0 Å². The number of aromatic nitrogens is 4. The Morgan fingerprint density at radius 1 is 0.333 bits per heavy atom. The van der Waals surface area contributed by atoms with Crippen LogP contribution in [0.15, 0.2) is 140 Å². The van der Waals surface area contributed by atoms with E-state index in [2.05, 4.69) is 87.1 Å². The minimum Gasteiger partial charge on any atom is -0.354 e. The molecule has 13 rings (SSSR count). The van der Waals surface area contributed by atoms with Crippen LogP contribution in [0.3, 0.4) is 0 Å². The minimum absolute atomic E-state index is 0.00807. The summed E-state index contributed by atoms with van der Waals surface area (Å²) in [4.78, 5) is 88.4. The van der Waals surface area contributed by atoms with Crippen LogP contribution in [0.4, 0.5) is 22.7 Å². The lowest BCUT2D eigenvalue weighted by molar-refractivity contribution is -0.127. The van der Waals surface area contributed by atoms with Crippen LogP contribution in [0, 0.1) is 21.7 Å². The summed E-state index contributed by atoms with van der Waals surface area (Å²) in [7, 11) is 0. The SMILES string of the molecule is CC1(C(=O)Nc2ccccc2C2=c3ccc([nH]3)=C(c3ccccc3NC(=O)C3(C)CCCCC3)c3cc(C=O)c([nH]3)C(c3ccccc3NC(=O)C3(C)CCCCC3)=c3ccc([nH]3)=C(c3ccccc3NC(=O)C3(C)CCCCC3)c3ccc2[nH]3)CCCCC1. The van der Waals surface area contributed by atoms with E-state index >= 15 is 0 Å². The van der Waals surface area contributed by atoms with E-state index in [4.69, 9.17) is 0 Å². The van der Waals surface area contributed by atoms with Crippen molar-refractivity contribution in [3.05, 3.63) is 212 Å². The molecule has 90 heavy (non-hydrogen) atoms. The third-order valence-electron chi connectivity index (χ3n) is 21.0. The Bertz CT molecular complexity index is 4350. The Kier molecular flexibility index (Phi) is 16.5. The van der Waals surface area contributed by atoms with Gasteiger partial charge in [-0.25, -0.2) is 0 Å². The maximum atomic E-state index is 14.7. The summed E-state index contributed by atoms with van der Waals surface area (Å²) in [5, 5.41) is 16.5. The van der Waals surface area contributed by atoms with E-state index in [-0.39, 0.29) is 23.6 Å². The van der Waals surface area contributed by atoms with Crippen LogP contribution < -0.4 is 42.7 Å². The van der Waals surface area contributed by atoms with Gasteiger partial charge in [0.2, 0.25) is 23.6 Å². The molecular formula is C77H84N8O5. The molecule has 4 aliphatic carbocycles. The normalized spacial score (nSPS) is 18.5. The van der Waals surface area contributed by atoms with E-state index < -0.39 is 21.7 Å². The quantitative estimate of drug-likeness (QED) is 0.0531. The zero-order chi connectivity index (χ0) is 62.2. The summed E-state index contributed by atoms with van der Waals surface area (Å²) in [6.07, 6.45) is 19.6. The highest BCUT2D eigenvalue weighted by Crippen LogP contribution is 2.43. The number of aldehydes is 1. The monoisotopic (exact) mass is 1200 g/mol. The molecule has 0 radical (unpaired) electrons. The van der Waals surface area contributed by atoms with Crippen molar-refractivity contribution in [2.45, 2.75) is 156 Å². The maximum absolute atomic E-state index is 14.7. The second-order valence-electron chi connectivity index (χ2n) is 27.5. The van der Waals surface area contributed by atoms with Crippen molar-refractivity contribution in [2.75, 3.05) is 21.3 Å². The first kappa shape index (κ1) is 60.0. The predicted octanol–water partition coefficient (Wildman–Crippen LogP) is 13.7. The number of amides is 4. The van der Waals surface area contributed by atoms with E-state index in [1.807, 2.05) is 121 Å². The number of hydrogen-bond donors (Lipinski definition) is 8. The summed E-state index contributed by atoms with van der Waals surface area (Å²) < 4.78 is 0. The molecule has 13 nitrogen and oxygen atoms in total. The zero-order valence-electron chi connectivity index (χ0n) is 52.5. The molecule has 4 aromatic carbocycles. The van der Waals surface area contributed by atoms with Gasteiger partial charge >= 0.3 is 0 Å². The molecule has 5 aliphatic rings. The lowest BCUT2D eigenvalue weighted by Gasteiger charge is -2.32. The third-order valence-corrected chi connectivity index (χ3v) is 21.0. The van der Waals surface area contributed by atoms with Gasteiger partial charge in [0.05, 0.1) is 5.69 Å². The van der Waals surface area contributed by atoms with Crippen molar-refractivity contribution in [1.29, 1.82) is 0 Å². The number of carbonyl (C=O) groups is 5. The van der Waals surface area contributed by atoms with Crippen LogP contribution in [-0.2, 0) is 19.2 Å². The number of rotatable bonds is 13. The van der Waals surface area contributed by atoms with Gasteiger partial charge in [-0.1, -0.05) is 178 Å². The number of hydrogen-bond acceptors (Lipinski definition) is 5. The molecule has 4 amide bonds. The molecule has 8 bridgehead atoms. The molecule has 8 N–H and O–H groups in total. The number of nitrogens with one attached hydrogen (secondary N) is 8. The van der Waals surface area contributed by atoms with Crippen molar-refractivity contribution in [2.24, 2.45) is 21.7 Å². The van der Waals surface area contributed by atoms with Crippen molar-refractivity contribution < 1.29 is 24.0 Å². The Balaban J connectivity index is 1.10. The minimum atomic E-state index is -0.559. The molecule has 462 valence electrons. The largest absolute Gasteiger partial charge is 0.354 e. The van der Waals surface area contributed by atoms with Crippen LogP contribution >= 0.6 is 0 Å². The number of aromatic amines is 4. The summed E-state index contributed by atoms with van der Waals surface area (Å²) in [6.45, 7) is 8.31. The summed E-state index contributed by atoms with van der Waals surface area (Å²) >= 11 is 0. The van der Waals surface area contributed by atoms with Crippen LogP contribution in [0.5, 0.6) is 0 Å². The summed E-state index contributed by atoms with van der Waals surface area (Å²) in [5.74, 6) is -0.0993. The number of fused-ring (bicyclic) bond motifs is 8. The number of anilines is 4. The van der Waals surface area contributed by atoms with E-state index in [1.165, 1.54) is 0 Å². The molecule has 13 heteroatoms. The van der Waals surface area contributed by atoms with Gasteiger partial charge < -0.3 is 41.2 Å². The number of benzene rings is 4. The average molecular weight is 1200 g/mol. The van der Waals surface area contributed by atoms with Crippen molar-refractivity contribution >= 4 is 75.0 Å². The highest BCUT2D eigenvalue weighted by molar-refractivity contribution is 6.04. The van der Waals surface area contributed by atoms with Crippen LogP contribution in [0.25, 0.3) is 22.3 Å². The molecule has 0 atom stereocenters. The highest BCUT2D eigenvalue weighted by atomic mass is 16.2. The Morgan fingerprint density at radius 2 is 0.611 bits per heavy atom. The van der Waals surface area contributed by atoms with Crippen LogP contribution in [0.1, 0.15) is 211 Å². The fourth-order valence-corrected chi connectivity index (χ4v) is 15.3. The van der Waals surface area contributed by atoms with Gasteiger partial charge in [-0.2, -0.15) is 0 Å². The lowest BCUT2D eigenvalue weighted by Crippen LogP contribution is -2.35. The van der Waals surface area contributed by atoms with E-state index in [1.54, 1.807) is 0 Å². The summed E-state index contributed by atoms with van der Waals surface area (Å²) in [6, 6.07) is 45.8. The van der Waals surface area contributed by atoms with Crippen molar-refractivity contribution in [1.82, 2.24) is 19.9 Å². The van der Waals surface area contributed by atoms with Crippen molar-refractivity contribution in [3.8, 4) is 0 Å². The molecule has 4 fully saturated rings. The predicted molar refractivity (Wildman–Crippen MR) is 359 cm³/mol. The Labute approximate surface area is 526 Å². The molecule has 0 unspecified atom stereocenters. The molecule has 1 aliphatic heterocycles. The first-order valence-corrected chi connectivity index (χ1v) is 33.0. The fraction of sp³-hybridized carbons (Fsp3) is 0.364. The van der Waals surface area contributed by atoms with Crippen molar-refractivity contribution in [3.63, 3.8) is 0 Å². The Morgan fingerprint density at radius 3 is 0.922 bits per heavy atom. The molecule has 4 saturated carbocycles. The molecule has 0 spiro atoms. The lowest BCUT2D eigenvalue weighted by atomic mass is 9.75. The first-order valence-electron chi connectivity index (χ1n) is 33.0. The van der Waals surface area contributed by atoms with Gasteiger partial charge in [0.15, 0.2) is 6.29 Å². The highest BCUT2D eigenvalue weighted by Gasteiger charge is 2.39. The first-order chi connectivity index (χ1) is 43.6. The van der Waals surface area contributed by atoms with Gasteiger partial charge in [-0.15, -0.1) is 0 Å². The number of carbonyl (C=O) groups excluding carboxylic acids is 5. The number of para-hydroxylation sites is 4. The number of H-pyrrole nitrogens is 4. The Hall–Kier alpha value is -8.97. The van der Waals surface area contributed by atoms with E-state index in [0.29, 0.717) is 72.5 Å². The molecule has 5 heterocycles. The smallest absolute Gasteiger partial charge is 0.230 e. The summed E-state index contributed by atoms with van der Waals surface area (Å²) in [5.41, 5.74) is 9.20.